The second-order valence-electron chi connectivity index (χ2n) is 5.05. The molecule has 0 saturated carbocycles. The lowest BCUT2D eigenvalue weighted by Gasteiger charge is -2.34. The summed E-state index contributed by atoms with van der Waals surface area (Å²) < 4.78 is 0. The molecule has 1 aliphatic carbocycles. The van der Waals surface area contributed by atoms with E-state index >= 15 is 0 Å². The zero-order valence-electron chi connectivity index (χ0n) is 10.1. The van der Waals surface area contributed by atoms with Gasteiger partial charge in [-0.05, 0) is 17.7 Å². The Bertz CT molecular complexity index is 469. The Morgan fingerprint density at radius 2 is 1.71 bits per heavy atom. The van der Waals surface area contributed by atoms with E-state index in [-0.39, 0.29) is 22.9 Å². The lowest BCUT2D eigenvalue weighted by molar-refractivity contribution is -0.126. The molecule has 0 aliphatic heterocycles. The summed E-state index contributed by atoms with van der Waals surface area (Å²) in [4.78, 5) is 23.4. The first-order valence-electron chi connectivity index (χ1n) is 5.82. The minimum atomic E-state index is -0.307. The molecule has 0 aromatic heterocycles. The van der Waals surface area contributed by atoms with E-state index in [9.17, 15) is 9.59 Å². The highest BCUT2D eigenvalue weighted by molar-refractivity contribution is 6.06. The largest absolute Gasteiger partial charge is 0.295 e. The van der Waals surface area contributed by atoms with E-state index in [0.717, 1.165) is 5.56 Å². The maximum Gasteiger partial charge on any atom is 0.160 e. The molecule has 17 heavy (non-hydrogen) atoms. The van der Waals surface area contributed by atoms with Gasteiger partial charge in [0.2, 0.25) is 0 Å². The van der Waals surface area contributed by atoms with Gasteiger partial charge in [-0.15, -0.1) is 0 Å². The number of hydrogen-bond acceptors (Lipinski definition) is 2. The average molecular weight is 228 g/mol. The van der Waals surface area contributed by atoms with E-state index in [1.54, 1.807) is 0 Å². The van der Waals surface area contributed by atoms with Crippen molar-refractivity contribution in [3.63, 3.8) is 0 Å². The Balaban J connectivity index is 2.36. The summed E-state index contributed by atoms with van der Waals surface area (Å²) in [6.45, 7) is 4.05. The predicted molar refractivity (Wildman–Crippen MR) is 66.7 cm³/mol. The maximum atomic E-state index is 11.9. The molecule has 1 aromatic rings. The molecule has 0 N–H and O–H groups in total. The summed E-state index contributed by atoms with van der Waals surface area (Å²) in [7, 11) is 0. The summed E-state index contributed by atoms with van der Waals surface area (Å²) in [6.07, 6.45) is 3.12. The van der Waals surface area contributed by atoms with Gasteiger partial charge < -0.3 is 0 Å². The molecule has 1 unspecified atom stereocenters. The second kappa shape index (κ2) is 4.28. The molecule has 2 rings (SSSR count). The number of carbonyl (C=O) groups is 2. The van der Waals surface area contributed by atoms with E-state index in [2.05, 4.69) is 0 Å². The molecule has 0 saturated heterocycles. The van der Waals surface area contributed by atoms with Gasteiger partial charge in [-0.1, -0.05) is 44.2 Å². The Morgan fingerprint density at radius 1 is 1.06 bits per heavy atom. The number of allylic oxidation sites excluding steroid dienone is 2. The van der Waals surface area contributed by atoms with Gasteiger partial charge in [0.05, 0.1) is 0 Å². The molecule has 0 heterocycles. The lowest BCUT2D eigenvalue weighted by atomic mass is 9.68. The van der Waals surface area contributed by atoms with Crippen LogP contribution in [-0.2, 0) is 15.0 Å². The summed E-state index contributed by atoms with van der Waals surface area (Å²) >= 11 is 0. The molecule has 0 bridgehead atoms. The second-order valence-corrected chi connectivity index (χ2v) is 5.05. The van der Waals surface area contributed by atoms with Crippen LogP contribution in [0.15, 0.2) is 42.5 Å². The van der Waals surface area contributed by atoms with Crippen molar-refractivity contribution in [2.24, 2.45) is 5.92 Å². The van der Waals surface area contributed by atoms with Crippen LogP contribution in [0, 0.1) is 5.92 Å². The standard InChI is InChI=1S/C15H16O2/c1-15(2,11-6-4-3-5-7-11)13-10-12(16)8-9-14(13)17/h3-9,13H,10H2,1-2H3. The van der Waals surface area contributed by atoms with Crippen LogP contribution in [0.2, 0.25) is 0 Å². The third kappa shape index (κ3) is 2.21. The molecule has 1 aromatic carbocycles. The quantitative estimate of drug-likeness (QED) is 0.780. The normalized spacial score (nSPS) is 20.7. The van der Waals surface area contributed by atoms with Gasteiger partial charge in [0.15, 0.2) is 11.6 Å². The third-order valence-corrected chi connectivity index (χ3v) is 3.57. The number of hydrogen-bond donors (Lipinski definition) is 0. The Kier molecular flexibility index (Phi) is 2.97. The fourth-order valence-corrected chi connectivity index (χ4v) is 2.34. The molecule has 1 atom stereocenters. The molecule has 0 radical (unpaired) electrons. The fraction of sp³-hybridized carbons (Fsp3) is 0.333. The first-order valence-corrected chi connectivity index (χ1v) is 5.82. The third-order valence-electron chi connectivity index (χ3n) is 3.57. The molecular formula is C15H16O2. The highest BCUT2D eigenvalue weighted by Crippen LogP contribution is 2.36. The number of rotatable bonds is 2. The van der Waals surface area contributed by atoms with Crippen LogP contribution < -0.4 is 0 Å². The van der Waals surface area contributed by atoms with E-state index in [1.165, 1.54) is 12.2 Å². The highest BCUT2D eigenvalue weighted by Gasteiger charge is 2.37. The van der Waals surface area contributed by atoms with Gasteiger partial charge in [-0.2, -0.15) is 0 Å². The van der Waals surface area contributed by atoms with Gasteiger partial charge in [0.25, 0.3) is 0 Å². The van der Waals surface area contributed by atoms with E-state index in [1.807, 2.05) is 44.2 Å². The van der Waals surface area contributed by atoms with Crippen LogP contribution >= 0.6 is 0 Å². The summed E-state index contributed by atoms with van der Waals surface area (Å²) in [5.74, 6) is -0.153. The Hall–Kier alpha value is -1.70. The number of benzene rings is 1. The van der Waals surface area contributed by atoms with Crippen LogP contribution in [0.4, 0.5) is 0 Å². The molecule has 1 aliphatic rings. The zero-order valence-corrected chi connectivity index (χ0v) is 10.1. The molecule has 0 fully saturated rings. The Morgan fingerprint density at radius 3 is 2.35 bits per heavy atom. The van der Waals surface area contributed by atoms with E-state index < -0.39 is 0 Å². The monoisotopic (exact) mass is 228 g/mol. The van der Waals surface area contributed by atoms with Crippen LogP contribution in [-0.4, -0.2) is 11.6 Å². The SMILES string of the molecule is CC(C)(c1ccccc1)C1CC(=O)C=CC1=O. The van der Waals surface area contributed by atoms with Crippen LogP contribution in [0.25, 0.3) is 0 Å². The zero-order chi connectivity index (χ0) is 12.5. The van der Waals surface area contributed by atoms with Crippen LogP contribution in [0.1, 0.15) is 25.8 Å². The van der Waals surface area contributed by atoms with Crippen LogP contribution in [0.5, 0.6) is 0 Å². The Labute approximate surface area is 101 Å². The minimum Gasteiger partial charge on any atom is -0.295 e. The lowest BCUT2D eigenvalue weighted by Crippen LogP contribution is -2.37. The number of ketones is 2. The van der Waals surface area contributed by atoms with Crippen molar-refractivity contribution in [1.82, 2.24) is 0 Å². The van der Waals surface area contributed by atoms with Gasteiger partial charge in [0.1, 0.15) is 0 Å². The summed E-state index contributed by atoms with van der Waals surface area (Å²) in [6, 6.07) is 9.89. The molecule has 0 amide bonds. The fourth-order valence-electron chi connectivity index (χ4n) is 2.34. The van der Waals surface area contributed by atoms with Gasteiger partial charge in [0, 0.05) is 17.8 Å². The molecule has 0 spiro atoms. The van der Waals surface area contributed by atoms with E-state index in [0.29, 0.717) is 6.42 Å². The molecule has 2 heteroatoms. The van der Waals surface area contributed by atoms with Gasteiger partial charge in [-0.25, -0.2) is 0 Å². The van der Waals surface area contributed by atoms with Crippen LogP contribution in [0.3, 0.4) is 0 Å². The maximum absolute atomic E-state index is 11.9. The summed E-state index contributed by atoms with van der Waals surface area (Å²) in [5, 5.41) is 0. The minimum absolute atomic E-state index is 0.0404. The summed E-state index contributed by atoms with van der Waals surface area (Å²) in [5.41, 5.74) is 0.792. The topological polar surface area (TPSA) is 34.1 Å². The number of carbonyl (C=O) groups excluding carboxylic acids is 2. The van der Waals surface area contributed by atoms with Crippen molar-refractivity contribution in [2.45, 2.75) is 25.7 Å². The van der Waals surface area contributed by atoms with E-state index in [4.69, 9.17) is 0 Å². The van der Waals surface area contributed by atoms with Gasteiger partial charge in [-0.3, -0.25) is 9.59 Å². The first kappa shape index (κ1) is 11.8. The van der Waals surface area contributed by atoms with Crippen molar-refractivity contribution < 1.29 is 9.59 Å². The molecule has 2 nitrogen and oxygen atoms in total. The smallest absolute Gasteiger partial charge is 0.160 e. The average Bonchev–Trinajstić information content (AvgIpc) is 2.33. The van der Waals surface area contributed by atoms with Crippen molar-refractivity contribution in [3.05, 3.63) is 48.0 Å². The van der Waals surface area contributed by atoms with Crippen molar-refractivity contribution in [1.29, 1.82) is 0 Å². The predicted octanol–water partition coefficient (Wildman–Crippen LogP) is 2.68. The van der Waals surface area contributed by atoms with Crippen molar-refractivity contribution in [2.75, 3.05) is 0 Å². The van der Waals surface area contributed by atoms with Crippen molar-refractivity contribution >= 4 is 11.6 Å². The first-order chi connectivity index (χ1) is 8.01. The highest BCUT2D eigenvalue weighted by atomic mass is 16.1. The van der Waals surface area contributed by atoms with Gasteiger partial charge >= 0.3 is 0 Å². The molecular weight excluding hydrogens is 212 g/mol. The van der Waals surface area contributed by atoms with Crippen molar-refractivity contribution in [3.8, 4) is 0 Å². The molecule has 88 valence electrons.